The highest BCUT2D eigenvalue weighted by Gasteiger charge is 2.45. The lowest BCUT2D eigenvalue weighted by Crippen LogP contribution is -2.54. The zero-order chi connectivity index (χ0) is 24.0. The number of rotatable bonds is 10. The van der Waals surface area contributed by atoms with Gasteiger partial charge in [-0.25, -0.2) is 0 Å². The van der Waals surface area contributed by atoms with Gasteiger partial charge in [0.2, 0.25) is 17.7 Å². The summed E-state index contributed by atoms with van der Waals surface area (Å²) in [6.45, 7) is 2.16. The lowest BCUT2D eigenvalue weighted by atomic mass is 10.0. The first kappa shape index (κ1) is 24.1. The molecule has 2 aliphatic rings. The third kappa shape index (κ3) is 5.63. The molecule has 10 nitrogen and oxygen atoms in total. The largest absolute Gasteiger partial charge is 0.466 e. The third-order valence-electron chi connectivity index (χ3n) is 5.62. The molecule has 0 aliphatic carbocycles. The third-order valence-corrected chi connectivity index (χ3v) is 5.62. The Morgan fingerprint density at radius 3 is 2.58 bits per heavy atom. The highest BCUT2D eigenvalue weighted by atomic mass is 16.5. The molecule has 2 aliphatic heterocycles. The molecule has 1 aromatic rings. The van der Waals surface area contributed by atoms with E-state index in [0.29, 0.717) is 37.9 Å². The first-order chi connectivity index (χ1) is 15.8. The maximum atomic E-state index is 13.0. The van der Waals surface area contributed by atoms with Gasteiger partial charge >= 0.3 is 5.97 Å². The number of piperidine rings is 1. The standard InChI is InChI=1S/C23H27N3O7/c1-2-33-19(29)10-5-3-4-9-17(27)24-13-14-7-6-8-15-20(14)23(32)26(22(15)31)16-11-12-18(28)25-21(16)30/h6-8,16H,2-5,9-13H2,1H3,(H,24,27)(H,25,28,30). The fourth-order valence-electron chi connectivity index (χ4n) is 3.98. The van der Waals surface area contributed by atoms with Crippen molar-refractivity contribution in [2.75, 3.05) is 6.61 Å². The van der Waals surface area contributed by atoms with E-state index in [9.17, 15) is 28.8 Å². The number of hydrogen-bond acceptors (Lipinski definition) is 7. The number of ether oxygens (including phenoxy) is 1. The Morgan fingerprint density at radius 1 is 1.09 bits per heavy atom. The summed E-state index contributed by atoms with van der Waals surface area (Å²) in [5.74, 6) is -2.74. The number of amides is 5. The predicted octanol–water partition coefficient (Wildman–Crippen LogP) is 1.22. The van der Waals surface area contributed by atoms with Crippen LogP contribution in [0.3, 0.4) is 0 Å². The number of benzene rings is 1. The molecule has 1 saturated heterocycles. The number of imide groups is 2. The second kappa shape index (κ2) is 10.8. The van der Waals surface area contributed by atoms with Gasteiger partial charge < -0.3 is 10.1 Å². The minimum Gasteiger partial charge on any atom is -0.466 e. The molecule has 10 heteroatoms. The number of carbonyl (C=O) groups excluding carboxylic acids is 6. The van der Waals surface area contributed by atoms with Crippen molar-refractivity contribution in [2.45, 2.75) is 64.5 Å². The fraction of sp³-hybridized carbons (Fsp3) is 0.478. The molecule has 3 rings (SSSR count). The SMILES string of the molecule is CCOC(=O)CCCCCC(=O)NCc1cccc2c1C(=O)N(C1CCC(=O)NC1=O)C2=O. The van der Waals surface area contributed by atoms with Gasteiger partial charge in [0.15, 0.2) is 0 Å². The molecule has 176 valence electrons. The number of nitrogens with one attached hydrogen (secondary N) is 2. The minimum absolute atomic E-state index is 0.0481. The fourth-order valence-corrected chi connectivity index (χ4v) is 3.98. The molecule has 1 fully saturated rings. The summed E-state index contributed by atoms with van der Waals surface area (Å²) in [5, 5.41) is 4.92. The maximum Gasteiger partial charge on any atom is 0.305 e. The molecule has 0 aromatic heterocycles. The number of carbonyl (C=O) groups is 6. The van der Waals surface area contributed by atoms with Gasteiger partial charge in [0.05, 0.1) is 17.7 Å². The molecular weight excluding hydrogens is 430 g/mol. The summed E-state index contributed by atoms with van der Waals surface area (Å²) in [4.78, 5) is 73.9. The van der Waals surface area contributed by atoms with Crippen LogP contribution in [0.2, 0.25) is 0 Å². The average molecular weight is 457 g/mol. The van der Waals surface area contributed by atoms with E-state index < -0.39 is 29.7 Å². The second-order valence-electron chi connectivity index (χ2n) is 7.93. The Hall–Kier alpha value is -3.56. The Bertz CT molecular complexity index is 988. The first-order valence-electron chi connectivity index (χ1n) is 11.1. The van der Waals surface area contributed by atoms with E-state index in [0.717, 1.165) is 4.90 Å². The molecule has 33 heavy (non-hydrogen) atoms. The monoisotopic (exact) mass is 457 g/mol. The number of hydrogen-bond donors (Lipinski definition) is 2. The summed E-state index contributed by atoms with van der Waals surface area (Å²) >= 11 is 0. The van der Waals surface area contributed by atoms with Crippen LogP contribution >= 0.6 is 0 Å². The van der Waals surface area contributed by atoms with Crippen molar-refractivity contribution >= 4 is 35.5 Å². The Kier molecular flexibility index (Phi) is 7.92. The van der Waals surface area contributed by atoms with Gasteiger partial charge in [-0.3, -0.25) is 39.0 Å². The lowest BCUT2D eigenvalue weighted by Gasteiger charge is -2.27. The van der Waals surface area contributed by atoms with Crippen LogP contribution in [-0.4, -0.2) is 53.1 Å². The highest BCUT2D eigenvalue weighted by Crippen LogP contribution is 2.29. The van der Waals surface area contributed by atoms with Crippen LogP contribution in [-0.2, 0) is 30.5 Å². The maximum absolute atomic E-state index is 13.0. The van der Waals surface area contributed by atoms with E-state index in [1.807, 2.05) is 0 Å². The van der Waals surface area contributed by atoms with Gasteiger partial charge in [-0.1, -0.05) is 18.6 Å². The first-order valence-corrected chi connectivity index (χ1v) is 11.1. The smallest absolute Gasteiger partial charge is 0.305 e. The van der Waals surface area contributed by atoms with Crippen LogP contribution in [0.15, 0.2) is 18.2 Å². The van der Waals surface area contributed by atoms with Crippen LogP contribution < -0.4 is 10.6 Å². The molecule has 2 heterocycles. The molecule has 5 amide bonds. The molecule has 0 spiro atoms. The van der Waals surface area contributed by atoms with Crippen LogP contribution in [0.4, 0.5) is 0 Å². The summed E-state index contributed by atoms with van der Waals surface area (Å²) in [5.41, 5.74) is 0.827. The molecule has 1 atom stereocenters. The number of unbranched alkanes of at least 4 members (excludes halogenated alkanes) is 2. The van der Waals surface area contributed by atoms with Gasteiger partial charge in [-0.2, -0.15) is 0 Å². The van der Waals surface area contributed by atoms with Crippen molar-refractivity contribution in [3.05, 3.63) is 34.9 Å². The second-order valence-corrected chi connectivity index (χ2v) is 7.93. The molecule has 1 aromatic carbocycles. The van der Waals surface area contributed by atoms with Crippen molar-refractivity contribution in [3.63, 3.8) is 0 Å². The van der Waals surface area contributed by atoms with Crippen molar-refractivity contribution in [2.24, 2.45) is 0 Å². The average Bonchev–Trinajstić information content (AvgIpc) is 3.03. The van der Waals surface area contributed by atoms with Crippen LogP contribution in [0.25, 0.3) is 0 Å². The molecule has 0 radical (unpaired) electrons. The predicted molar refractivity (Wildman–Crippen MR) is 115 cm³/mol. The van der Waals surface area contributed by atoms with Gasteiger partial charge in [0, 0.05) is 25.8 Å². The zero-order valence-corrected chi connectivity index (χ0v) is 18.5. The van der Waals surface area contributed by atoms with E-state index in [1.165, 1.54) is 6.07 Å². The number of nitrogens with zero attached hydrogens (tertiary/aromatic N) is 1. The van der Waals surface area contributed by atoms with Crippen LogP contribution in [0.1, 0.15) is 78.1 Å². The summed E-state index contributed by atoms with van der Waals surface area (Å²) in [7, 11) is 0. The Morgan fingerprint density at radius 2 is 1.85 bits per heavy atom. The zero-order valence-electron chi connectivity index (χ0n) is 18.5. The summed E-state index contributed by atoms with van der Waals surface area (Å²) in [6.07, 6.45) is 2.69. The molecule has 0 saturated carbocycles. The Labute approximate surface area is 191 Å². The van der Waals surface area contributed by atoms with Crippen molar-refractivity contribution in [1.82, 2.24) is 15.5 Å². The van der Waals surface area contributed by atoms with E-state index in [4.69, 9.17) is 4.74 Å². The van der Waals surface area contributed by atoms with Gasteiger partial charge in [-0.05, 0) is 37.8 Å². The Balaban J connectivity index is 1.55. The summed E-state index contributed by atoms with van der Waals surface area (Å²) < 4.78 is 4.86. The van der Waals surface area contributed by atoms with Gasteiger partial charge in [-0.15, -0.1) is 0 Å². The lowest BCUT2D eigenvalue weighted by molar-refractivity contribution is -0.143. The quantitative estimate of drug-likeness (QED) is 0.306. The molecule has 0 bridgehead atoms. The van der Waals surface area contributed by atoms with Gasteiger partial charge in [0.1, 0.15) is 6.04 Å². The van der Waals surface area contributed by atoms with E-state index >= 15 is 0 Å². The van der Waals surface area contributed by atoms with Crippen LogP contribution in [0, 0.1) is 0 Å². The minimum atomic E-state index is -1.04. The van der Waals surface area contributed by atoms with Crippen molar-refractivity contribution < 1.29 is 33.5 Å². The molecule has 2 N–H and O–H groups in total. The van der Waals surface area contributed by atoms with Gasteiger partial charge in [0.25, 0.3) is 11.8 Å². The van der Waals surface area contributed by atoms with E-state index in [-0.39, 0.29) is 48.8 Å². The van der Waals surface area contributed by atoms with E-state index in [2.05, 4.69) is 10.6 Å². The normalized spacial score (nSPS) is 17.6. The van der Waals surface area contributed by atoms with E-state index in [1.54, 1.807) is 19.1 Å². The van der Waals surface area contributed by atoms with Crippen LogP contribution in [0.5, 0.6) is 0 Å². The topological polar surface area (TPSA) is 139 Å². The number of esters is 1. The van der Waals surface area contributed by atoms with Crippen molar-refractivity contribution in [1.29, 1.82) is 0 Å². The van der Waals surface area contributed by atoms with Crippen molar-refractivity contribution in [3.8, 4) is 0 Å². The molecule has 1 unspecified atom stereocenters. The summed E-state index contributed by atoms with van der Waals surface area (Å²) in [6, 6.07) is 3.75. The highest BCUT2D eigenvalue weighted by molar-refractivity contribution is 6.24. The molecular formula is C23H27N3O7. The number of fused-ring (bicyclic) bond motifs is 1.